The van der Waals surface area contributed by atoms with Gasteiger partial charge in [0.1, 0.15) is 12.4 Å². The third-order valence-electron chi connectivity index (χ3n) is 6.64. The molecule has 0 unspecified atom stereocenters. The summed E-state index contributed by atoms with van der Waals surface area (Å²) < 4.78 is 17.3. The first-order valence-electron chi connectivity index (χ1n) is 10.9. The van der Waals surface area contributed by atoms with Crippen LogP contribution in [0.2, 0.25) is 0 Å². The zero-order valence-electron chi connectivity index (χ0n) is 18.3. The summed E-state index contributed by atoms with van der Waals surface area (Å²) >= 11 is 0. The van der Waals surface area contributed by atoms with Crippen molar-refractivity contribution in [2.45, 2.75) is 65.6 Å². The summed E-state index contributed by atoms with van der Waals surface area (Å²) in [6, 6.07) is 6.79. The number of halogens is 1. The van der Waals surface area contributed by atoms with Crippen LogP contribution in [0.25, 0.3) is 10.8 Å². The molecule has 7 heteroatoms. The van der Waals surface area contributed by atoms with E-state index in [4.69, 9.17) is 0 Å². The van der Waals surface area contributed by atoms with Crippen LogP contribution in [0.1, 0.15) is 49.6 Å². The van der Waals surface area contributed by atoms with E-state index < -0.39 is 0 Å². The maximum absolute atomic E-state index is 14.2. The fourth-order valence-electron chi connectivity index (χ4n) is 4.71. The van der Waals surface area contributed by atoms with E-state index in [9.17, 15) is 14.0 Å². The van der Waals surface area contributed by atoms with E-state index in [1.54, 1.807) is 24.4 Å². The summed E-state index contributed by atoms with van der Waals surface area (Å²) in [7, 11) is 0. The summed E-state index contributed by atoms with van der Waals surface area (Å²) in [5.74, 6) is -0.0155. The van der Waals surface area contributed by atoms with Gasteiger partial charge in [0.25, 0.3) is 5.56 Å². The number of hydrogen-bond acceptors (Lipinski definition) is 3. The van der Waals surface area contributed by atoms with Gasteiger partial charge in [0.05, 0.1) is 18.1 Å². The molecule has 0 aliphatic heterocycles. The average molecular weight is 425 g/mol. The number of carbonyl (C=O) groups excluding carboxylic acids is 1. The molecule has 2 atom stereocenters. The molecular weight excluding hydrogens is 395 g/mol. The third-order valence-corrected chi connectivity index (χ3v) is 6.64. The van der Waals surface area contributed by atoms with E-state index >= 15 is 0 Å². The predicted molar refractivity (Wildman–Crippen MR) is 119 cm³/mol. The Hall–Kier alpha value is -2.96. The number of aromatic nitrogens is 3. The van der Waals surface area contributed by atoms with Gasteiger partial charge in [-0.1, -0.05) is 38.0 Å². The van der Waals surface area contributed by atoms with Gasteiger partial charge in [-0.3, -0.25) is 9.59 Å². The van der Waals surface area contributed by atoms with Crippen LogP contribution in [0.15, 0.2) is 35.3 Å². The minimum atomic E-state index is -0.294. The standard InChI is InChI=1S/C24H29FN4O2/c1-15-8-4-7-11-21(15)27-22(30)14-29-24(31)23-17(3)28(16(2)19(23)12-26-29)13-18-9-5-6-10-20(18)25/h5-6,9-10,12,15,21H,4,7-8,11,13-14H2,1-3H3,(H,27,30)/t15-,21+/m1/s1. The first kappa shape index (κ1) is 21.3. The van der Waals surface area contributed by atoms with Crippen molar-refractivity contribution in [1.29, 1.82) is 0 Å². The van der Waals surface area contributed by atoms with Crippen molar-refractivity contribution < 1.29 is 9.18 Å². The first-order chi connectivity index (χ1) is 14.9. The fourth-order valence-corrected chi connectivity index (χ4v) is 4.71. The van der Waals surface area contributed by atoms with E-state index in [2.05, 4.69) is 17.3 Å². The highest BCUT2D eigenvalue weighted by Crippen LogP contribution is 2.25. The van der Waals surface area contributed by atoms with Crippen LogP contribution in [-0.2, 0) is 17.9 Å². The fraction of sp³-hybridized carbons (Fsp3) is 0.458. The number of benzene rings is 1. The molecule has 2 aromatic heterocycles. The van der Waals surface area contributed by atoms with Crippen molar-refractivity contribution >= 4 is 16.7 Å². The number of nitrogens with one attached hydrogen (secondary N) is 1. The average Bonchev–Trinajstić information content (AvgIpc) is 2.98. The SMILES string of the molecule is Cc1c2cnn(CC(=O)N[C@H]3CCCC[C@H]3C)c(=O)c2c(C)n1Cc1ccccc1F. The minimum Gasteiger partial charge on any atom is -0.351 e. The molecule has 2 heterocycles. The summed E-state index contributed by atoms with van der Waals surface area (Å²) in [4.78, 5) is 25.8. The highest BCUT2D eigenvalue weighted by atomic mass is 19.1. The smallest absolute Gasteiger partial charge is 0.276 e. The normalized spacial score (nSPS) is 19.0. The Bertz CT molecular complexity index is 1180. The lowest BCUT2D eigenvalue weighted by Gasteiger charge is -2.29. The van der Waals surface area contributed by atoms with E-state index in [1.807, 2.05) is 18.4 Å². The Morgan fingerprint density at radius 2 is 1.94 bits per heavy atom. The van der Waals surface area contributed by atoms with Crippen molar-refractivity contribution in [2.75, 3.05) is 0 Å². The topological polar surface area (TPSA) is 68.9 Å². The largest absolute Gasteiger partial charge is 0.351 e. The molecule has 164 valence electrons. The monoisotopic (exact) mass is 424 g/mol. The van der Waals surface area contributed by atoms with Crippen molar-refractivity contribution in [3.05, 3.63) is 63.6 Å². The summed E-state index contributed by atoms with van der Waals surface area (Å²) in [6.45, 7) is 6.14. The lowest BCUT2D eigenvalue weighted by Crippen LogP contribution is -2.43. The zero-order chi connectivity index (χ0) is 22.1. The quantitative estimate of drug-likeness (QED) is 0.679. The number of aryl methyl sites for hydroxylation is 2. The molecular formula is C24H29FN4O2. The molecule has 1 fully saturated rings. The summed E-state index contributed by atoms with van der Waals surface area (Å²) in [5.41, 5.74) is 1.87. The van der Waals surface area contributed by atoms with Crippen LogP contribution in [0, 0.1) is 25.6 Å². The Morgan fingerprint density at radius 1 is 1.19 bits per heavy atom. The molecule has 1 saturated carbocycles. The summed E-state index contributed by atoms with van der Waals surface area (Å²) in [6.07, 6.45) is 6.04. The Labute approximate surface area is 181 Å². The van der Waals surface area contributed by atoms with Crippen LogP contribution in [0.4, 0.5) is 4.39 Å². The number of rotatable bonds is 5. The summed E-state index contributed by atoms with van der Waals surface area (Å²) in [5, 5.41) is 8.59. The van der Waals surface area contributed by atoms with Crippen LogP contribution >= 0.6 is 0 Å². The molecule has 3 aromatic rings. The number of carbonyl (C=O) groups is 1. The Kier molecular flexibility index (Phi) is 5.94. The molecule has 1 aromatic carbocycles. The van der Waals surface area contributed by atoms with Crippen molar-refractivity contribution in [3.63, 3.8) is 0 Å². The van der Waals surface area contributed by atoms with Crippen molar-refractivity contribution in [3.8, 4) is 0 Å². The molecule has 0 radical (unpaired) electrons. The van der Waals surface area contributed by atoms with Crippen molar-refractivity contribution in [2.24, 2.45) is 5.92 Å². The Balaban J connectivity index is 1.61. The van der Waals surface area contributed by atoms with Crippen LogP contribution in [0.5, 0.6) is 0 Å². The van der Waals surface area contributed by atoms with Gasteiger partial charge >= 0.3 is 0 Å². The highest BCUT2D eigenvalue weighted by Gasteiger charge is 2.24. The molecule has 6 nitrogen and oxygen atoms in total. The minimum absolute atomic E-state index is 0.102. The van der Waals surface area contributed by atoms with Gasteiger partial charge in [-0.25, -0.2) is 9.07 Å². The van der Waals surface area contributed by atoms with Gasteiger partial charge in [-0.15, -0.1) is 0 Å². The molecule has 4 rings (SSSR count). The van der Waals surface area contributed by atoms with Gasteiger partial charge in [0.15, 0.2) is 0 Å². The second-order valence-electron chi connectivity index (χ2n) is 8.68. The molecule has 0 bridgehead atoms. The van der Waals surface area contributed by atoms with E-state index in [1.165, 1.54) is 17.2 Å². The molecule has 0 saturated heterocycles. The zero-order valence-corrected chi connectivity index (χ0v) is 18.3. The Morgan fingerprint density at radius 3 is 2.68 bits per heavy atom. The molecule has 31 heavy (non-hydrogen) atoms. The first-order valence-corrected chi connectivity index (χ1v) is 10.9. The van der Waals surface area contributed by atoms with E-state index in [0.717, 1.165) is 36.0 Å². The van der Waals surface area contributed by atoms with E-state index in [-0.39, 0.29) is 29.9 Å². The van der Waals surface area contributed by atoms with Crippen LogP contribution in [-0.4, -0.2) is 26.3 Å². The second-order valence-corrected chi connectivity index (χ2v) is 8.68. The van der Waals surface area contributed by atoms with Crippen molar-refractivity contribution in [1.82, 2.24) is 19.7 Å². The van der Waals surface area contributed by atoms with Gasteiger partial charge in [-0.05, 0) is 38.7 Å². The third kappa shape index (κ3) is 4.13. The predicted octanol–water partition coefficient (Wildman–Crippen LogP) is 3.70. The molecule has 1 amide bonds. The van der Waals surface area contributed by atoms with Gasteiger partial charge < -0.3 is 9.88 Å². The van der Waals surface area contributed by atoms with Gasteiger partial charge in [0, 0.05) is 28.4 Å². The number of fused-ring (bicyclic) bond motifs is 1. The maximum atomic E-state index is 14.2. The maximum Gasteiger partial charge on any atom is 0.276 e. The lowest BCUT2D eigenvalue weighted by molar-refractivity contribution is -0.123. The molecule has 0 spiro atoms. The molecule has 1 N–H and O–H groups in total. The number of amides is 1. The van der Waals surface area contributed by atoms with Crippen LogP contribution in [0.3, 0.4) is 0 Å². The molecule has 1 aliphatic carbocycles. The lowest BCUT2D eigenvalue weighted by atomic mass is 9.86. The van der Waals surface area contributed by atoms with Gasteiger partial charge in [-0.2, -0.15) is 5.10 Å². The van der Waals surface area contributed by atoms with Crippen LogP contribution < -0.4 is 10.9 Å². The van der Waals surface area contributed by atoms with Gasteiger partial charge in [0.2, 0.25) is 5.91 Å². The number of hydrogen-bond donors (Lipinski definition) is 1. The van der Waals surface area contributed by atoms with E-state index in [0.29, 0.717) is 23.4 Å². The second kappa shape index (κ2) is 8.65. The highest BCUT2D eigenvalue weighted by molar-refractivity contribution is 5.87. The number of nitrogens with zero attached hydrogens (tertiary/aromatic N) is 3. The molecule has 1 aliphatic rings.